The summed E-state index contributed by atoms with van der Waals surface area (Å²) < 4.78 is 0. The molecule has 0 saturated heterocycles. The van der Waals surface area contributed by atoms with Crippen LogP contribution in [0.4, 0.5) is 0 Å². The van der Waals surface area contributed by atoms with E-state index < -0.39 is 0 Å². The van der Waals surface area contributed by atoms with Gasteiger partial charge in [-0.1, -0.05) is 0 Å². The molecule has 0 fully saturated rings. The smallest absolute Gasteiger partial charge is 0 e. The van der Waals surface area contributed by atoms with Gasteiger partial charge in [0.1, 0.15) is 0 Å². The van der Waals surface area contributed by atoms with Crippen LogP contribution in [0, 0.1) is 112 Å². The zero-order chi connectivity index (χ0) is 0. The van der Waals surface area contributed by atoms with Crippen LogP contribution >= 0.6 is 0 Å². The van der Waals surface area contributed by atoms with Gasteiger partial charge in [0, 0.05) is 145 Å². The Morgan fingerprint density at radius 2 is 1.00 bits per heavy atom. The van der Waals surface area contributed by atoms with Crippen molar-refractivity contribution < 1.29 is 145 Å². The van der Waals surface area contributed by atoms with Crippen molar-refractivity contribution in [1.82, 2.24) is 0 Å². The third-order valence-electron chi connectivity index (χ3n) is 0. The summed E-state index contributed by atoms with van der Waals surface area (Å²) in [5, 5.41) is 0. The molecule has 0 aliphatic heterocycles. The zero-order valence-corrected chi connectivity index (χ0v) is 9.85. The predicted octanol–water partition coefficient (Wildman–Crippen LogP) is -0.00250. The van der Waals surface area contributed by atoms with Gasteiger partial charge in [0.05, 0.1) is 0 Å². The summed E-state index contributed by atoms with van der Waals surface area (Å²) in [6.45, 7) is 0. The van der Waals surface area contributed by atoms with E-state index in [2.05, 4.69) is 0 Å². The Morgan fingerprint density at radius 1 is 1.00 bits per heavy atom. The third kappa shape index (κ3) is 9.96. The minimum atomic E-state index is 0. The largest absolute Gasteiger partial charge is 0 e. The van der Waals surface area contributed by atoms with Gasteiger partial charge in [0.15, 0.2) is 0 Å². The molecule has 0 aromatic heterocycles. The van der Waals surface area contributed by atoms with E-state index in [0.717, 1.165) is 0 Å². The summed E-state index contributed by atoms with van der Waals surface area (Å²) in [5.74, 6) is 0. The van der Waals surface area contributed by atoms with Crippen molar-refractivity contribution in [2.24, 2.45) is 0 Å². The molecule has 0 aromatic carbocycles. The molecule has 0 N–H and O–H groups in total. The first-order valence-corrected chi connectivity index (χ1v) is 0. The van der Waals surface area contributed by atoms with E-state index >= 15 is 0 Å². The molecule has 0 saturated carbocycles. The maximum absolute atomic E-state index is 0. The first-order valence-electron chi connectivity index (χ1n) is 0. The van der Waals surface area contributed by atoms with E-state index in [1.54, 1.807) is 0 Å². The van der Waals surface area contributed by atoms with Crippen LogP contribution in [0.15, 0.2) is 0 Å². The van der Waals surface area contributed by atoms with E-state index in [4.69, 9.17) is 0 Å². The van der Waals surface area contributed by atoms with Gasteiger partial charge in [0.2, 0.25) is 0 Å². The molecule has 0 aliphatic rings. The average Bonchev–Trinajstić information content (AvgIpc) is 0. The number of rotatable bonds is 0. The topological polar surface area (TPSA) is 0 Å². The van der Waals surface area contributed by atoms with Crippen molar-refractivity contribution in [2.45, 2.75) is 0 Å². The Hall–Kier alpha value is 4.84. The SMILES string of the molecule is [Er].[Ho].[Tm].[Y]. The van der Waals surface area contributed by atoms with Gasteiger partial charge >= 0.3 is 0 Å². The zero-order valence-electron chi connectivity index (χ0n) is 1.44. The number of hydrogen-bond acceptors (Lipinski definition) is 0. The van der Waals surface area contributed by atoms with Gasteiger partial charge in [-0.15, -0.1) is 0 Å². The maximum atomic E-state index is 0. The Labute approximate surface area is 140 Å². The second kappa shape index (κ2) is 15.7. The molecule has 0 atom stereocenters. The monoisotopic (exact) mass is 589 g/mol. The molecule has 0 rings (SSSR count). The first kappa shape index (κ1) is 23.2. The van der Waals surface area contributed by atoms with Crippen LogP contribution in [0.1, 0.15) is 0 Å². The van der Waals surface area contributed by atoms with Crippen LogP contribution in [-0.2, 0) is 32.7 Å². The average molecular weight is 590 g/mol. The van der Waals surface area contributed by atoms with E-state index in [9.17, 15) is 0 Å². The molecule has 39 valence electrons. The van der Waals surface area contributed by atoms with Crippen molar-refractivity contribution in [3.63, 3.8) is 0 Å². The van der Waals surface area contributed by atoms with E-state index in [1.165, 1.54) is 0 Å². The molecule has 0 heterocycles. The van der Waals surface area contributed by atoms with Gasteiger partial charge in [-0.3, -0.25) is 0 Å². The molecule has 0 aliphatic carbocycles. The van der Waals surface area contributed by atoms with Gasteiger partial charge < -0.3 is 0 Å². The van der Waals surface area contributed by atoms with Crippen LogP contribution in [0.25, 0.3) is 0 Å². The van der Waals surface area contributed by atoms with Crippen molar-refractivity contribution in [3.05, 3.63) is 0 Å². The summed E-state index contributed by atoms with van der Waals surface area (Å²) in [6.07, 6.45) is 0. The van der Waals surface area contributed by atoms with Gasteiger partial charge in [0.25, 0.3) is 0 Å². The summed E-state index contributed by atoms with van der Waals surface area (Å²) in [5.41, 5.74) is 0. The van der Waals surface area contributed by atoms with Crippen LogP contribution in [0.5, 0.6) is 0 Å². The Morgan fingerprint density at radius 3 is 1.00 bits per heavy atom. The van der Waals surface area contributed by atoms with Crippen molar-refractivity contribution in [2.75, 3.05) is 0 Å². The van der Waals surface area contributed by atoms with Gasteiger partial charge in [-0.2, -0.15) is 0 Å². The fourth-order valence-electron chi connectivity index (χ4n) is 0. The predicted molar refractivity (Wildman–Crippen MR) is 0 cm³/mol. The van der Waals surface area contributed by atoms with Crippen molar-refractivity contribution in [1.29, 1.82) is 0 Å². The minimum absolute atomic E-state index is 0. The Kier molecular flexibility index (Phi) is 90.8. The second-order valence-corrected chi connectivity index (χ2v) is 0. The third-order valence-corrected chi connectivity index (χ3v) is 0. The second-order valence-electron chi connectivity index (χ2n) is 0. The molecular formula is ErHoTmY. The summed E-state index contributed by atoms with van der Waals surface area (Å²) in [6, 6.07) is 0. The van der Waals surface area contributed by atoms with E-state index in [1.807, 2.05) is 0 Å². The standard InChI is InChI=1S/Er.Ho.Tm.Y. The fourth-order valence-corrected chi connectivity index (χ4v) is 0. The molecule has 4 heavy (non-hydrogen) atoms. The molecular weight excluding hydrogens is 590 g/mol. The van der Waals surface area contributed by atoms with Crippen LogP contribution < -0.4 is 0 Å². The minimum Gasteiger partial charge on any atom is 0 e. The van der Waals surface area contributed by atoms with Crippen LogP contribution in [0.3, 0.4) is 0 Å². The summed E-state index contributed by atoms with van der Waals surface area (Å²) in [4.78, 5) is 0. The van der Waals surface area contributed by atoms with Gasteiger partial charge in [-0.05, 0) is 0 Å². The van der Waals surface area contributed by atoms with Crippen molar-refractivity contribution >= 4 is 0 Å². The molecule has 3 radical (unpaired) electrons. The maximum Gasteiger partial charge on any atom is 0 e. The molecule has 0 unspecified atom stereocenters. The quantitative estimate of drug-likeness (QED) is 0.349. The summed E-state index contributed by atoms with van der Waals surface area (Å²) in [7, 11) is 0. The van der Waals surface area contributed by atoms with Gasteiger partial charge in [-0.25, -0.2) is 0 Å². The number of hydrogen-bond donors (Lipinski definition) is 0. The Bertz CT molecular complexity index is 8.00. The fraction of sp³-hybridized carbons (Fsp3) is 0. The normalized spacial score (nSPS) is 0. The molecule has 0 bridgehead atoms. The Balaban J connectivity index is 0. The molecule has 0 amide bonds. The first-order chi connectivity index (χ1) is 0. The van der Waals surface area contributed by atoms with Crippen LogP contribution in [0.2, 0.25) is 0 Å². The molecule has 0 spiro atoms. The molecule has 0 nitrogen and oxygen atoms in total. The van der Waals surface area contributed by atoms with Crippen LogP contribution in [-0.4, -0.2) is 0 Å². The molecule has 4 heteroatoms. The molecule has 0 aromatic rings. The summed E-state index contributed by atoms with van der Waals surface area (Å²) >= 11 is 0. The van der Waals surface area contributed by atoms with E-state index in [-0.39, 0.29) is 145 Å². The van der Waals surface area contributed by atoms with E-state index in [0.29, 0.717) is 0 Å². The van der Waals surface area contributed by atoms with Crippen molar-refractivity contribution in [3.8, 4) is 0 Å².